The molecule has 0 bridgehead atoms. The van der Waals surface area contributed by atoms with Gasteiger partial charge in [-0.05, 0) is 18.1 Å². The van der Waals surface area contributed by atoms with Crippen LogP contribution in [-0.2, 0) is 6.42 Å². The van der Waals surface area contributed by atoms with Crippen molar-refractivity contribution in [2.45, 2.75) is 24.8 Å². The van der Waals surface area contributed by atoms with Crippen molar-refractivity contribution in [3.05, 3.63) is 33.8 Å². The van der Waals surface area contributed by atoms with Gasteiger partial charge in [0.15, 0.2) is 5.92 Å². The first-order chi connectivity index (χ1) is 9.48. The fourth-order valence-corrected chi connectivity index (χ4v) is 2.26. The van der Waals surface area contributed by atoms with Crippen molar-refractivity contribution in [3.8, 4) is 0 Å². The van der Waals surface area contributed by atoms with Crippen LogP contribution in [0.25, 0.3) is 0 Å². The van der Waals surface area contributed by atoms with Crippen LogP contribution in [0.3, 0.4) is 0 Å². The Morgan fingerprint density at radius 3 is 2.00 bits per heavy atom. The molecule has 0 fully saturated rings. The normalized spacial score (nSPS) is 14.6. The third-order valence-electron chi connectivity index (χ3n) is 2.79. The first-order valence-electron chi connectivity index (χ1n) is 5.51. The van der Waals surface area contributed by atoms with Crippen molar-refractivity contribution in [3.63, 3.8) is 0 Å². The van der Waals surface area contributed by atoms with Gasteiger partial charge in [0.05, 0.1) is 10.0 Å². The highest BCUT2D eigenvalue weighted by Gasteiger charge is 2.60. The molecule has 1 rings (SSSR count). The van der Waals surface area contributed by atoms with E-state index in [1.54, 1.807) is 5.43 Å². The minimum Gasteiger partial charge on any atom is -0.271 e. The Kier molecular flexibility index (Phi) is 5.76. The molecular formula is C11H10Cl2F6N2. The minimum absolute atomic E-state index is 0.0282. The molecule has 1 aromatic carbocycles. The smallest absolute Gasteiger partial charge is 0.271 e. The molecule has 0 amide bonds. The van der Waals surface area contributed by atoms with Crippen LogP contribution < -0.4 is 11.3 Å². The van der Waals surface area contributed by atoms with E-state index in [4.69, 9.17) is 29.0 Å². The zero-order chi connectivity index (χ0) is 16.4. The van der Waals surface area contributed by atoms with Gasteiger partial charge in [-0.1, -0.05) is 35.3 Å². The molecule has 0 aliphatic heterocycles. The van der Waals surface area contributed by atoms with Crippen LogP contribution in [0.1, 0.15) is 5.56 Å². The van der Waals surface area contributed by atoms with Crippen LogP contribution in [0.2, 0.25) is 10.0 Å². The minimum atomic E-state index is -5.50. The summed E-state index contributed by atoms with van der Waals surface area (Å²) in [5.74, 6) is 1.26. The van der Waals surface area contributed by atoms with E-state index in [0.717, 1.165) is 0 Å². The molecular weight excluding hydrogens is 345 g/mol. The molecule has 0 spiro atoms. The van der Waals surface area contributed by atoms with E-state index < -0.39 is 30.7 Å². The predicted molar refractivity (Wildman–Crippen MR) is 66.9 cm³/mol. The molecule has 0 aliphatic rings. The Bertz CT molecular complexity index is 475. The highest BCUT2D eigenvalue weighted by Crippen LogP contribution is 2.42. The van der Waals surface area contributed by atoms with Gasteiger partial charge in [-0.3, -0.25) is 11.3 Å². The summed E-state index contributed by atoms with van der Waals surface area (Å²) in [5, 5.41) is -0.0805. The predicted octanol–water partition coefficient (Wildman–Crippen LogP) is 4.11. The van der Waals surface area contributed by atoms with Crippen LogP contribution in [0.15, 0.2) is 18.2 Å². The summed E-state index contributed by atoms with van der Waals surface area (Å²) in [6.07, 6.45) is -11.7. The lowest BCUT2D eigenvalue weighted by atomic mass is 9.92. The van der Waals surface area contributed by atoms with Crippen molar-refractivity contribution in [2.75, 3.05) is 0 Å². The number of hydrogen-bond donors (Lipinski definition) is 2. The molecule has 10 heteroatoms. The molecule has 1 unspecified atom stereocenters. The zero-order valence-corrected chi connectivity index (χ0v) is 11.7. The Morgan fingerprint density at radius 2 is 1.57 bits per heavy atom. The maximum atomic E-state index is 12.7. The summed E-state index contributed by atoms with van der Waals surface area (Å²) in [6, 6.07) is 1.89. The second kappa shape index (κ2) is 6.60. The van der Waals surface area contributed by atoms with Gasteiger partial charge in [0.25, 0.3) is 0 Å². The molecule has 3 N–H and O–H groups in total. The molecule has 0 aliphatic carbocycles. The fraction of sp³-hybridized carbons (Fsp3) is 0.455. The van der Waals surface area contributed by atoms with Crippen LogP contribution in [-0.4, -0.2) is 18.4 Å². The average Bonchev–Trinajstić information content (AvgIpc) is 2.30. The maximum Gasteiger partial charge on any atom is 0.402 e. The van der Waals surface area contributed by atoms with Gasteiger partial charge in [-0.25, -0.2) is 0 Å². The van der Waals surface area contributed by atoms with E-state index in [-0.39, 0.29) is 15.6 Å². The molecule has 0 saturated carbocycles. The maximum absolute atomic E-state index is 12.7. The van der Waals surface area contributed by atoms with Crippen molar-refractivity contribution in [2.24, 2.45) is 11.8 Å². The lowest BCUT2D eigenvalue weighted by molar-refractivity contribution is -0.291. The molecule has 0 heterocycles. The molecule has 0 aromatic heterocycles. The molecule has 1 atom stereocenters. The largest absolute Gasteiger partial charge is 0.402 e. The van der Waals surface area contributed by atoms with E-state index in [1.807, 2.05) is 0 Å². The molecule has 120 valence electrons. The van der Waals surface area contributed by atoms with Gasteiger partial charge in [-0.2, -0.15) is 26.3 Å². The van der Waals surface area contributed by atoms with Crippen molar-refractivity contribution in [1.29, 1.82) is 0 Å². The highest BCUT2D eigenvalue weighted by molar-refractivity contribution is 6.42. The summed E-state index contributed by atoms with van der Waals surface area (Å²) in [4.78, 5) is 0. The molecule has 2 nitrogen and oxygen atoms in total. The molecule has 21 heavy (non-hydrogen) atoms. The van der Waals surface area contributed by atoms with E-state index in [2.05, 4.69) is 0 Å². The lowest BCUT2D eigenvalue weighted by Gasteiger charge is -2.30. The third kappa shape index (κ3) is 4.64. The lowest BCUT2D eigenvalue weighted by Crippen LogP contribution is -2.54. The topological polar surface area (TPSA) is 38.0 Å². The van der Waals surface area contributed by atoms with Crippen LogP contribution in [0.5, 0.6) is 0 Å². The number of halogens is 8. The Morgan fingerprint density at radius 1 is 1.05 bits per heavy atom. The van der Waals surface area contributed by atoms with Gasteiger partial charge in [0.2, 0.25) is 0 Å². The molecule has 1 aromatic rings. The van der Waals surface area contributed by atoms with Crippen LogP contribution in [0.4, 0.5) is 26.3 Å². The second-order valence-corrected chi connectivity index (χ2v) is 5.04. The summed E-state index contributed by atoms with van der Waals surface area (Å²) in [5.41, 5.74) is 1.60. The van der Waals surface area contributed by atoms with E-state index in [9.17, 15) is 26.3 Å². The summed E-state index contributed by atoms with van der Waals surface area (Å²) in [6.45, 7) is 0. The van der Waals surface area contributed by atoms with Gasteiger partial charge < -0.3 is 0 Å². The number of nitrogens with two attached hydrogens (primary N) is 1. The molecule has 0 radical (unpaired) electrons. The summed E-state index contributed by atoms with van der Waals surface area (Å²) < 4.78 is 76.0. The SMILES string of the molecule is NNC(Cc1cccc(Cl)c1Cl)C(C(F)(F)F)C(F)(F)F. The number of rotatable bonds is 4. The molecule has 0 saturated heterocycles. The number of alkyl halides is 6. The Hall–Kier alpha value is -0.700. The standard InChI is InChI=1S/C11H10Cl2F6N2/c12-6-3-1-2-5(8(6)13)4-7(21-20)9(10(14,15)16)11(17,18)19/h1-3,7,9,21H,4,20H2. The van der Waals surface area contributed by atoms with Crippen molar-refractivity contribution in [1.82, 2.24) is 5.43 Å². The number of benzene rings is 1. The van der Waals surface area contributed by atoms with E-state index in [0.29, 0.717) is 0 Å². The number of nitrogens with one attached hydrogen (secondary N) is 1. The first-order valence-corrected chi connectivity index (χ1v) is 6.26. The quantitative estimate of drug-likeness (QED) is 0.485. The summed E-state index contributed by atoms with van der Waals surface area (Å²) >= 11 is 11.4. The zero-order valence-electron chi connectivity index (χ0n) is 10.2. The van der Waals surface area contributed by atoms with Gasteiger partial charge in [-0.15, -0.1) is 0 Å². The van der Waals surface area contributed by atoms with Crippen molar-refractivity contribution >= 4 is 23.2 Å². The van der Waals surface area contributed by atoms with Crippen LogP contribution >= 0.6 is 23.2 Å². The van der Waals surface area contributed by atoms with Gasteiger partial charge >= 0.3 is 12.4 Å². The van der Waals surface area contributed by atoms with Crippen LogP contribution in [0, 0.1) is 5.92 Å². The number of hydrazine groups is 1. The third-order valence-corrected chi connectivity index (χ3v) is 3.65. The van der Waals surface area contributed by atoms with E-state index in [1.165, 1.54) is 18.2 Å². The second-order valence-electron chi connectivity index (χ2n) is 4.25. The highest BCUT2D eigenvalue weighted by atomic mass is 35.5. The fourth-order valence-electron chi connectivity index (χ4n) is 1.86. The monoisotopic (exact) mass is 354 g/mol. The first kappa shape index (κ1) is 18.3. The van der Waals surface area contributed by atoms with Crippen molar-refractivity contribution < 1.29 is 26.3 Å². The van der Waals surface area contributed by atoms with E-state index >= 15 is 0 Å². The van der Waals surface area contributed by atoms with Gasteiger partial charge in [0, 0.05) is 6.04 Å². The summed E-state index contributed by atoms with van der Waals surface area (Å²) in [7, 11) is 0. The Balaban J connectivity index is 3.14. The average molecular weight is 355 g/mol. The number of hydrogen-bond acceptors (Lipinski definition) is 2. The Labute approximate surface area is 126 Å². The van der Waals surface area contributed by atoms with Gasteiger partial charge in [0.1, 0.15) is 0 Å².